The Balaban J connectivity index is 2.92. The van der Waals surface area contributed by atoms with Gasteiger partial charge >= 0.3 is 0 Å². The maximum atomic E-state index is 11.8. The van der Waals surface area contributed by atoms with Gasteiger partial charge in [0.05, 0.1) is 30.0 Å². The molecule has 1 aromatic heterocycles. The van der Waals surface area contributed by atoms with Crippen LogP contribution < -0.4 is 0 Å². The second-order valence-electron chi connectivity index (χ2n) is 5.72. The van der Waals surface area contributed by atoms with E-state index in [1.165, 1.54) is 0 Å². The molecule has 0 bridgehead atoms. The summed E-state index contributed by atoms with van der Waals surface area (Å²) in [5, 5.41) is 4.56. The van der Waals surface area contributed by atoms with Gasteiger partial charge in [0.1, 0.15) is 0 Å². The summed E-state index contributed by atoms with van der Waals surface area (Å²) in [6.45, 7) is 13.1. The highest BCUT2D eigenvalue weighted by Crippen LogP contribution is 2.17. The Labute approximate surface area is 116 Å². The second kappa shape index (κ2) is 6.33. The number of ketones is 1. The molecule has 1 heterocycles. The summed E-state index contributed by atoms with van der Waals surface area (Å²) in [4.78, 5) is 11.8. The molecule has 4 nitrogen and oxygen atoms in total. The lowest BCUT2D eigenvalue weighted by Crippen LogP contribution is -2.22. The van der Waals surface area contributed by atoms with Crippen molar-refractivity contribution in [1.82, 2.24) is 9.78 Å². The fourth-order valence-corrected chi connectivity index (χ4v) is 2.19. The van der Waals surface area contributed by atoms with Crippen molar-refractivity contribution in [3.63, 3.8) is 0 Å². The Hall–Kier alpha value is -1.16. The molecule has 0 saturated carbocycles. The van der Waals surface area contributed by atoms with Crippen molar-refractivity contribution in [2.75, 3.05) is 6.61 Å². The molecule has 4 heteroatoms. The molecule has 0 radical (unpaired) electrons. The normalized spacial score (nSPS) is 11.9. The molecule has 0 fully saturated rings. The number of hydrogen-bond acceptors (Lipinski definition) is 3. The fourth-order valence-electron chi connectivity index (χ4n) is 2.19. The lowest BCUT2D eigenvalue weighted by atomic mass is 10.1. The van der Waals surface area contributed by atoms with E-state index in [9.17, 15) is 4.79 Å². The van der Waals surface area contributed by atoms with Crippen molar-refractivity contribution in [2.45, 2.75) is 66.5 Å². The van der Waals surface area contributed by atoms with Crippen LogP contribution in [0.5, 0.6) is 0 Å². The third-order valence-electron chi connectivity index (χ3n) is 2.99. The van der Waals surface area contributed by atoms with Gasteiger partial charge in [-0.2, -0.15) is 5.10 Å². The van der Waals surface area contributed by atoms with E-state index >= 15 is 0 Å². The largest absolute Gasteiger partial charge is 0.374 e. The minimum atomic E-state index is -0.142. The third kappa shape index (κ3) is 4.16. The van der Waals surface area contributed by atoms with E-state index in [1.807, 2.05) is 32.4 Å². The van der Waals surface area contributed by atoms with Gasteiger partial charge in [0.2, 0.25) is 0 Å². The number of rotatable bonds is 6. The van der Waals surface area contributed by atoms with E-state index in [1.54, 1.807) is 6.92 Å². The van der Waals surface area contributed by atoms with E-state index in [2.05, 4.69) is 12.0 Å². The van der Waals surface area contributed by atoms with E-state index in [0.29, 0.717) is 13.2 Å². The van der Waals surface area contributed by atoms with Crippen molar-refractivity contribution in [3.05, 3.63) is 17.0 Å². The van der Waals surface area contributed by atoms with Crippen LogP contribution in [0.25, 0.3) is 0 Å². The standard InChI is InChI=1S/C15H26N2O2/c1-7-12-14(11(3)18)13(8-2)17(16-12)9-10-19-15(4,5)6/h7-10H2,1-6H3. The molecule has 0 amide bonds. The quantitative estimate of drug-likeness (QED) is 0.743. The van der Waals surface area contributed by atoms with Crippen LogP contribution in [-0.2, 0) is 24.1 Å². The predicted octanol–water partition coefficient (Wildman–Crippen LogP) is 3.03. The molecule has 0 aliphatic rings. The van der Waals surface area contributed by atoms with Crippen LogP contribution in [-0.4, -0.2) is 27.8 Å². The summed E-state index contributed by atoms with van der Waals surface area (Å²) >= 11 is 0. The highest BCUT2D eigenvalue weighted by Gasteiger charge is 2.19. The van der Waals surface area contributed by atoms with Gasteiger partial charge in [0.25, 0.3) is 0 Å². The van der Waals surface area contributed by atoms with Crippen LogP contribution in [0.15, 0.2) is 0 Å². The number of hydrogen-bond donors (Lipinski definition) is 0. The Morgan fingerprint density at radius 1 is 1.26 bits per heavy atom. The van der Waals surface area contributed by atoms with Gasteiger partial charge in [-0.1, -0.05) is 13.8 Å². The molecule has 0 aliphatic carbocycles. The Kier molecular flexibility index (Phi) is 5.29. The monoisotopic (exact) mass is 266 g/mol. The molecule has 0 spiro atoms. The maximum Gasteiger partial charge on any atom is 0.163 e. The van der Waals surface area contributed by atoms with E-state index in [0.717, 1.165) is 29.8 Å². The molecular formula is C15H26N2O2. The Morgan fingerprint density at radius 3 is 2.32 bits per heavy atom. The number of ether oxygens (including phenoxy) is 1. The highest BCUT2D eigenvalue weighted by atomic mass is 16.5. The third-order valence-corrected chi connectivity index (χ3v) is 2.99. The van der Waals surface area contributed by atoms with Crippen molar-refractivity contribution in [1.29, 1.82) is 0 Å². The molecule has 0 unspecified atom stereocenters. The summed E-state index contributed by atoms with van der Waals surface area (Å²) in [6.07, 6.45) is 1.60. The first-order valence-electron chi connectivity index (χ1n) is 7.03. The first kappa shape index (κ1) is 15.9. The number of aryl methyl sites for hydroxylation is 1. The Morgan fingerprint density at radius 2 is 1.89 bits per heavy atom. The van der Waals surface area contributed by atoms with Crippen molar-refractivity contribution < 1.29 is 9.53 Å². The molecule has 0 atom stereocenters. The van der Waals surface area contributed by atoms with Crippen molar-refractivity contribution in [3.8, 4) is 0 Å². The van der Waals surface area contributed by atoms with Gasteiger partial charge in [-0.25, -0.2) is 0 Å². The SMILES string of the molecule is CCc1nn(CCOC(C)(C)C)c(CC)c1C(C)=O. The molecule has 0 saturated heterocycles. The van der Waals surface area contributed by atoms with Crippen LogP contribution in [0.1, 0.15) is 63.3 Å². The van der Waals surface area contributed by atoms with Crippen LogP contribution in [0.4, 0.5) is 0 Å². The summed E-state index contributed by atoms with van der Waals surface area (Å²) in [5.74, 6) is 0.108. The molecule has 1 rings (SSSR count). The van der Waals surface area contributed by atoms with Crippen LogP contribution >= 0.6 is 0 Å². The van der Waals surface area contributed by atoms with E-state index < -0.39 is 0 Å². The number of carbonyl (C=O) groups is 1. The van der Waals surface area contributed by atoms with Gasteiger partial charge in [0, 0.05) is 5.69 Å². The van der Waals surface area contributed by atoms with Crippen molar-refractivity contribution >= 4 is 5.78 Å². The van der Waals surface area contributed by atoms with Gasteiger partial charge in [-0.05, 0) is 40.5 Å². The summed E-state index contributed by atoms with van der Waals surface area (Å²) in [7, 11) is 0. The number of nitrogens with zero attached hydrogens (tertiary/aromatic N) is 2. The molecule has 108 valence electrons. The smallest absolute Gasteiger partial charge is 0.163 e. The predicted molar refractivity (Wildman–Crippen MR) is 76.7 cm³/mol. The van der Waals surface area contributed by atoms with Gasteiger partial charge in [-0.15, -0.1) is 0 Å². The second-order valence-corrected chi connectivity index (χ2v) is 5.72. The zero-order chi connectivity index (χ0) is 14.6. The molecule has 19 heavy (non-hydrogen) atoms. The van der Waals surface area contributed by atoms with E-state index in [-0.39, 0.29) is 11.4 Å². The molecule has 1 aromatic rings. The summed E-state index contributed by atoms with van der Waals surface area (Å²) < 4.78 is 7.66. The minimum absolute atomic E-state index is 0.108. The highest BCUT2D eigenvalue weighted by molar-refractivity contribution is 5.96. The van der Waals surface area contributed by atoms with Gasteiger partial charge in [-0.3, -0.25) is 9.48 Å². The molecule has 0 aromatic carbocycles. The number of carbonyl (C=O) groups excluding carboxylic acids is 1. The van der Waals surface area contributed by atoms with Crippen LogP contribution in [0.3, 0.4) is 0 Å². The molecular weight excluding hydrogens is 240 g/mol. The Bertz CT molecular complexity index is 442. The zero-order valence-electron chi connectivity index (χ0n) is 13.0. The first-order valence-corrected chi connectivity index (χ1v) is 7.03. The number of aromatic nitrogens is 2. The topological polar surface area (TPSA) is 44.1 Å². The lowest BCUT2D eigenvalue weighted by molar-refractivity contribution is -0.00818. The van der Waals surface area contributed by atoms with Crippen molar-refractivity contribution in [2.24, 2.45) is 0 Å². The van der Waals surface area contributed by atoms with E-state index in [4.69, 9.17) is 4.74 Å². The molecule has 0 aliphatic heterocycles. The summed E-state index contributed by atoms with van der Waals surface area (Å²) in [6, 6.07) is 0. The van der Waals surface area contributed by atoms with Crippen LogP contribution in [0.2, 0.25) is 0 Å². The van der Waals surface area contributed by atoms with Gasteiger partial charge < -0.3 is 4.74 Å². The average Bonchev–Trinajstić information content (AvgIpc) is 2.65. The molecule has 0 N–H and O–H groups in total. The average molecular weight is 266 g/mol. The summed E-state index contributed by atoms with van der Waals surface area (Å²) in [5.41, 5.74) is 2.60. The lowest BCUT2D eigenvalue weighted by Gasteiger charge is -2.19. The minimum Gasteiger partial charge on any atom is -0.374 e. The zero-order valence-corrected chi connectivity index (χ0v) is 13.0. The maximum absolute atomic E-state index is 11.8. The van der Waals surface area contributed by atoms with Crippen LogP contribution in [0, 0.1) is 0 Å². The fraction of sp³-hybridized carbons (Fsp3) is 0.733. The first-order chi connectivity index (χ1) is 8.80. The number of Topliss-reactive ketones (excluding diaryl/α,β-unsaturated/α-hetero) is 1. The van der Waals surface area contributed by atoms with Gasteiger partial charge in [0.15, 0.2) is 5.78 Å².